The number of hydrogen-bond donors (Lipinski definition) is 2. The van der Waals surface area contributed by atoms with Crippen LogP contribution in [0.4, 0.5) is 0 Å². The molecule has 0 saturated carbocycles. The van der Waals surface area contributed by atoms with Crippen LogP contribution in [0.5, 0.6) is 0 Å². The molecule has 0 aliphatic rings. The fourth-order valence-electron chi connectivity index (χ4n) is 1.56. The molecule has 0 saturated heterocycles. The first kappa shape index (κ1) is 11.8. The van der Waals surface area contributed by atoms with E-state index >= 15 is 0 Å². The Balaban J connectivity index is 2.07. The SMILES string of the molecule is CC(C)(N)CCc1nc(-c2ccccc2)n[nH]1. The molecule has 4 nitrogen and oxygen atoms in total. The van der Waals surface area contributed by atoms with Gasteiger partial charge in [0.25, 0.3) is 0 Å². The Hall–Kier alpha value is -1.68. The maximum absolute atomic E-state index is 5.94. The van der Waals surface area contributed by atoms with Crippen molar-refractivity contribution in [2.75, 3.05) is 0 Å². The van der Waals surface area contributed by atoms with Crippen LogP contribution in [0.2, 0.25) is 0 Å². The van der Waals surface area contributed by atoms with E-state index in [9.17, 15) is 0 Å². The summed E-state index contributed by atoms with van der Waals surface area (Å²) >= 11 is 0. The Labute approximate surface area is 101 Å². The van der Waals surface area contributed by atoms with Gasteiger partial charge >= 0.3 is 0 Å². The summed E-state index contributed by atoms with van der Waals surface area (Å²) in [6, 6.07) is 9.94. The summed E-state index contributed by atoms with van der Waals surface area (Å²) in [5, 5.41) is 7.17. The molecule has 1 aromatic heterocycles. The van der Waals surface area contributed by atoms with E-state index in [4.69, 9.17) is 5.73 Å². The Morgan fingerprint density at radius 1 is 1.24 bits per heavy atom. The van der Waals surface area contributed by atoms with Gasteiger partial charge < -0.3 is 5.73 Å². The van der Waals surface area contributed by atoms with Gasteiger partial charge in [0.2, 0.25) is 0 Å². The van der Waals surface area contributed by atoms with E-state index in [1.54, 1.807) is 0 Å². The average molecular weight is 230 g/mol. The molecule has 0 bridgehead atoms. The van der Waals surface area contributed by atoms with Gasteiger partial charge in [0.15, 0.2) is 5.82 Å². The van der Waals surface area contributed by atoms with E-state index in [0.29, 0.717) is 0 Å². The highest BCUT2D eigenvalue weighted by molar-refractivity contribution is 5.53. The number of aryl methyl sites for hydroxylation is 1. The summed E-state index contributed by atoms with van der Waals surface area (Å²) in [5.41, 5.74) is 6.80. The topological polar surface area (TPSA) is 67.6 Å². The van der Waals surface area contributed by atoms with Gasteiger partial charge in [0, 0.05) is 17.5 Å². The molecule has 4 heteroatoms. The number of nitrogens with one attached hydrogen (secondary N) is 1. The van der Waals surface area contributed by atoms with Gasteiger partial charge in [0.05, 0.1) is 0 Å². The molecule has 90 valence electrons. The summed E-state index contributed by atoms with van der Waals surface area (Å²) in [7, 11) is 0. The highest BCUT2D eigenvalue weighted by atomic mass is 15.2. The Kier molecular flexibility index (Phi) is 3.24. The number of aromatic amines is 1. The van der Waals surface area contributed by atoms with Gasteiger partial charge in [-0.3, -0.25) is 5.10 Å². The van der Waals surface area contributed by atoms with Crippen LogP contribution in [0.15, 0.2) is 30.3 Å². The smallest absolute Gasteiger partial charge is 0.181 e. The number of nitrogens with zero attached hydrogens (tertiary/aromatic N) is 2. The second kappa shape index (κ2) is 4.67. The first-order chi connectivity index (χ1) is 8.04. The molecule has 0 spiro atoms. The normalized spacial score (nSPS) is 11.7. The van der Waals surface area contributed by atoms with E-state index in [1.807, 2.05) is 44.2 Å². The second-order valence-corrected chi connectivity index (χ2v) is 4.96. The van der Waals surface area contributed by atoms with Crippen molar-refractivity contribution in [2.24, 2.45) is 5.73 Å². The Bertz CT molecular complexity index is 468. The molecule has 1 heterocycles. The lowest BCUT2D eigenvalue weighted by molar-refractivity contribution is 0.471. The van der Waals surface area contributed by atoms with E-state index in [2.05, 4.69) is 15.2 Å². The molecule has 0 radical (unpaired) electrons. The van der Waals surface area contributed by atoms with Gasteiger partial charge in [0.1, 0.15) is 5.82 Å². The van der Waals surface area contributed by atoms with E-state index in [-0.39, 0.29) is 5.54 Å². The van der Waals surface area contributed by atoms with Crippen LogP contribution in [0.25, 0.3) is 11.4 Å². The number of benzene rings is 1. The van der Waals surface area contributed by atoms with Crippen LogP contribution in [-0.4, -0.2) is 20.7 Å². The standard InChI is InChI=1S/C13H18N4/c1-13(2,14)9-8-11-15-12(17-16-11)10-6-4-3-5-7-10/h3-7H,8-9,14H2,1-2H3,(H,15,16,17). The zero-order valence-corrected chi connectivity index (χ0v) is 10.3. The van der Waals surface area contributed by atoms with Gasteiger partial charge in [-0.15, -0.1) is 0 Å². The lowest BCUT2D eigenvalue weighted by Crippen LogP contribution is -2.32. The molecular formula is C13H18N4. The zero-order valence-electron chi connectivity index (χ0n) is 10.3. The van der Waals surface area contributed by atoms with Gasteiger partial charge in [-0.05, 0) is 20.3 Å². The summed E-state index contributed by atoms with van der Waals surface area (Å²) in [5.74, 6) is 1.64. The predicted molar refractivity (Wildman–Crippen MR) is 68.4 cm³/mol. The van der Waals surface area contributed by atoms with E-state index in [1.165, 1.54) is 0 Å². The van der Waals surface area contributed by atoms with Gasteiger partial charge in [-0.2, -0.15) is 5.10 Å². The van der Waals surface area contributed by atoms with Crippen molar-refractivity contribution in [3.05, 3.63) is 36.2 Å². The molecule has 0 aliphatic carbocycles. The van der Waals surface area contributed by atoms with Crippen molar-refractivity contribution >= 4 is 0 Å². The average Bonchev–Trinajstić information content (AvgIpc) is 2.75. The third-order valence-electron chi connectivity index (χ3n) is 2.57. The second-order valence-electron chi connectivity index (χ2n) is 4.96. The fraction of sp³-hybridized carbons (Fsp3) is 0.385. The fourth-order valence-corrected chi connectivity index (χ4v) is 1.56. The van der Waals surface area contributed by atoms with E-state index in [0.717, 1.165) is 30.1 Å². The van der Waals surface area contributed by atoms with Gasteiger partial charge in [-0.25, -0.2) is 4.98 Å². The highest BCUT2D eigenvalue weighted by Crippen LogP contribution is 2.15. The highest BCUT2D eigenvalue weighted by Gasteiger charge is 2.12. The molecule has 0 atom stereocenters. The maximum atomic E-state index is 5.94. The van der Waals surface area contributed by atoms with Crippen LogP contribution in [0.3, 0.4) is 0 Å². The third-order valence-corrected chi connectivity index (χ3v) is 2.57. The summed E-state index contributed by atoms with van der Waals surface area (Å²) in [6.45, 7) is 4.03. The van der Waals surface area contributed by atoms with Crippen LogP contribution >= 0.6 is 0 Å². The molecule has 0 aliphatic heterocycles. The monoisotopic (exact) mass is 230 g/mol. The summed E-state index contributed by atoms with van der Waals surface area (Å²) in [6.07, 6.45) is 1.71. The van der Waals surface area contributed by atoms with Crippen molar-refractivity contribution in [2.45, 2.75) is 32.2 Å². The Morgan fingerprint density at radius 3 is 2.59 bits per heavy atom. The van der Waals surface area contributed by atoms with Crippen molar-refractivity contribution in [1.82, 2.24) is 15.2 Å². The molecule has 2 rings (SSSR count). The minimum Gasteiger partial charge on any atom is -0.326 e. The first-order valence-electron chi connectivity index (χ1n) is 5.80. The molecule has 0 unspecified atom stereocenters. The number of nitrogens with two attached hydrogens (primary N) is 1. The quantitative estimate of drug-likeness (QED) is 0.845. The molecule has 3 N–H and O–H groups in total. The molecule has 2 aromatic rings. The van der Waals surface area contributed by atoms with Crippen molar-refractivity contribution < 1.29 is 0 Å². The van der Waals surface area contributed by atoms with Crippen LogP contribution < -0.4 is 5.73 Å². The number of hydrogen-bond acceptors (Lipinski definition) is 3. The van der Waals surface area contributed by atoms with E-state index < -0.39 is 0 Å². The molecule has 17 heavy (non-hydrogen) atoms. The van der Waals surface area contributed by atoms with Crippen molar-refractivity contribution in [3.63, 3.8) is 0 Å². The number of H-pyrrole nitrogens is 1. The third kappa shape index (κ3) is 3.39. The molecule has 1 aromatic carbocycles. The summed E-state index contributed by atoms with van der Waals surface area (Å²) < 4.78 is 0. The lowest BCUT2D eigenvalue weighted by Gasteiger charge is -2.16. The number of rotatable bonds is 4. The van der Waals surface area contributed by atoms with Crippen LogP contribution in [-0.2, 0) is 6.42 Å². The van der Waals surface area contributed by atoms with Gasteiger partial charge in [-0.1, -0.05) is 30.3 Å². The molecule has 0 fully saturated rings. The lowest BCUT2D eigenvalue weighted by atomic mass is 10.0. The van der Waals surface area contributed by atoms with Crippen molar-refractivity contribution in [1.29, 1.82) is 0 Å². The number of aromatic nitrogens is 3. The molecular weight excluding hydrogens is 212 g/mol. The molecule has 0 amide bonds. The zero-order chi connectivity index (χ0) is 12.3. The maximum Gasteiger partial charge on any atom is 0.181 e. The van der Waals surface area contributed by atoms with Crippen LogP contribution in [0, 0.1) is 0 Å². The Morgan fingerprint density at radius 2 is 1.94 bits per heavy atom. The van der Waals surface area contributed by atoms with Crippen molar-refractivity contribution in [3.8, 4) is 11.4 Å². The van der Waals surface area contributed by atoms with Crippen LogP contribution in [0.1, 0.15) is 26.1 Å². The first-order valence-corrected chi connectivity index (χ1v) is 5.80. The largest absolute Gasteiger partial charge is 0.326 e. The minimum atomic E-state index is -0.167. The minimum absolute atomic E-state index is 0.167. The predicted octanol–water partition coefficient (Wildman–Crippen LogP) is 2.14. The summed E-state index contributed by atoms with van der Waals surface area (Å²) in [4.78, 5) is 4.46.